The minimum absolute atomic E-state index is 0.0358. The van der Waals surface area contributed by atoms with Gasteiger partial charge in [-0.1, -0.05) is 26.3 Å². The Morgan fingerprint density at radius 1 is 1.35 bits per heavy atom. The van der Waals surface area contributed by atoms with Gasteiger partial charge in [0.25, 0.3) is 0 Å². The van der Waals surface area contributed by atoms with E-state index in [4.69, 9.17) is 0 Å². The van der Waals surface area contributed by atoms with Gasteiger partial charge in [-0.3, -0.25) is 0 Å². The van der Waals surface area contributed by atoms with Crippen LogP contribution in [0.4, 0.5) is 5.69 Å². The molecule has 110 valence electrons. The first-order valence-corrected chi connectivity index (χ1v) is 8.76. The maximum absolute atomic E-state index is 12.5. The number of hydrogen-bond acceptors (Lipinski definition) is 3. The van der Waals surface area contributed by atoms with Crippen LogP contribution < -0.4 is 10.0 Å². The van der Waals surface area contributed by atoms with E-state index in [1.807, 2.05) is 6.07 Å². The fraction of sp³-hybridized carbons (Fsp3) is 0.600. The van der Waals surface area contributed by atoms with E-state index in [-0.39, 0.29) is 11.5 Å². The van der Waals surface area contributed by atoms with Crippen molar-refractivity contribution >= 4 is 15.7 Å². The molecule has 2 aliphatic rings. The zero-order valence-electron chi connectivity index (χ0n) is 12.1. The fourth-order valence-corrected chi connectivity index (χ4v) is 4.71. The van der Waals surface area contributed by atoms with Gasteiger partial charge in [-0.2, -0.15) is 0 Å². The molecule has 1 unspecified atom stereocenters. The first-order valence-electron chi connectivity index (χ1n) is 7.28. The highest BCUT2D eigenvalue weighted by Crippen LogP contribution is 2.38. The number of anilines is 1. The summed E-state index contributed by atoms with van der Waals surface area (Å²) in [5.41, 5.74) is 2.20. The Morgan fingerprint density at radius 3 is 2.85 bits per heavy atom. The van der Waals surface area contributed by atoms with Crippen molar-refractivity contribution in [2.45, 2.75) is 50.5 Å². The van der Waals surface area contributed by atoms with Crippen LogP contribution in [-0.2, 0) is 16.4 Å². The van der Waals surface area contributed by atoms with E-state index in [1.165, 1.54) is 5.56 Å². The molecule has 1 aliphatic carbocycles. The number of rotatable bonds is 3. The predicted octanol–water partition coefficient (Wildman–Crippen LogP) is 2.51. The molecule has 0 radical (unpaired) electrons. The second-order valence-corrected chi connectivity index (χ2v) is 8.26. The molecular formula is C15H22N2O2S. The van der Waals surface area contributed by atoms with Crippen molar-refractivity contribution in [2.24, 2.45) is 5.41 Å². The molecule has 1 fully saturated rings. The van der Waals surface area contributed by atoms with E-state index < -0.39 is 10.0 Å². The highest BCUT2D eigenvalue weighted by Gasteiger charge is 2.37. The Labute approximate surface area is 121 Å². The third kappa shape index (κ3) is 2.44. The normalized spacial score (nSPS) is 24.4. The van der Waals surface area contributed by atoms with E-state index in [2.05, 4.69) is 23.9 Å². The molecule has 1 atom stereocenters. The zero-order chi connectivity index (χ0) is 14.4. The monoisotopic (exact) mass is 294 g/mol. The van der Waals surface area contributed by atoms with E-state index >= 15 is 0 Å². The molecule has 4 nitrogen and oxygen atoms in total. The molecule has 2 N–H and O–H groups in total. The number of fused-ring (bicyclic) bond motifs is 1. The van der Waals surface area contributed by atoms with Crippen molar-refractivity contribution in [1.82, 2.24) is 4.72 Å². The lowest BCUT2D eigenvalue weighted by atomic mass is 9.88. The van der Waals surface area contributed by atoms with Gasteiger partial charge in [0, 0.05) is 18.3 Å². The van der Waals surface area contributed by atoms with Gasteiger partial charge in [0.2, 0.25) is 10.0 Å². The molecule has 3 rings (SSSR count). The van der Waals surface area contributed by atoms with Crippen LogP contribution in [0.5, 0.6) is 0 Å². The molecule has 5 heteroatoms. The Kier molecular flexibility index (Phi) is 3.29. The highest BCUT2D eigenvalue weighted by molar-refractivity contribution is 7.89. The van der Waals surface area contributed by atoms with Gasteiger partial charge in [-0.05, 0) is 42.4 Å². The molecule has 1 saturated carbocycles. The summed E-state index contributed by atoms with van der Waals surface area (Å²) in [5.74, 6) is 0. The number of sulfonamides is 1. The fourth-order valence-electron chi connectivity index (χ4n) is 3.24. The van der Waals surface area contributed by atoms with Crippen LogP contribution >= 0.6 is 0 Å². The average molecular weight is 294 g/mol. The third-order valence-electron chi connectivity index (χ3n) is 4.66. The van der Waals surface area contributed by atoms with Crippen molar-refractivity contribution in [3.8, 4) is 0 Å². The standard InChI is InChI=1S/C15H22N2O2S/c1-15(2)8-3-4-14(15)17-20(18,19)12-6-5-11-7-9-16-13(11)10-12/h5-6,10,14,16-17H,3-4,7-9H2,1-2H3. The molecule has 1 heterocycles. The van der Waals surface area contributed by atoms with Crippen LogP contribution in [0.15, 0.2) is 23.1 Å². The Morgan fingerprint density at radius 2 is 2.15 bits per heavy atom. The van der Waals surface area contributed by atoms with Gasteiger partial charge in [0.05, 0.1) is 4.90 Å². The summed E-state index contributed by atoms with van der Waals surface area (Å²) >= 11 is 0. The maximum atomic E-state index is 12.5. The van der Waals surface area contributed by atoms with Crippen LogP contribution in [0.1, 0.15) is 38.7 Å². The Hall–Kier alpha value is -1.07. The minimum atomic E-state index is -3.43. The maximum Gasteiger partial charge on any atom is 0.240 e. The van der Waals surface area contributed by atoms with Gasteiger partial charge in [0.1, 0.15) is 0 Å². The molecule has 0 saturated heterocycles. The van der Waals surface area contributed by atoms with E-state index in [1.54, 1.807) is 12.1 Å². The summed E-state index contributed by atoms with van der Waals surface area (Å²) in [7, 11) is -3.43. The number of hydrogen-bond donors (Lipinski definition) is 2. The Bertz CT molecular complexity index is 623. The van der Waals surface area contributed by atoms with Gasteiger partial charge in [-0.15, -0.1) is 0 Å². The van der Waals surface area contributed by atoms with Crippen molar-refractivity contribution in [2.75, 3.05) is 11.9 Å². The molecular weight excluding hydrogens is 272 g/mol. The van der Waals surface area contributed by atoms with Gasteiger partial charge in [-0.25, -0.2) is 13.1 Å². The molecule has 0 amide bonds. The van der Waals surface area contributed by atoms with Crippen molar-refractivity contribution in [3.05, 3.63) is 23.8 Å². The van der Waals surface area contributed by atoms with Gasteiger partial charge >= 0.3 is 0 Å². The van der Waals surface area contributed by atoms with Crippen molar-refractivity contribution < 1.29 is 8.42 Å². The zero-order valence-corrected chi connectivity index (χ0v) is 12.9. The van der Waals surface area contributed by atoms with Crippen molar-refractivity contribution in [1.29, 1.82) is 0 Å². The van der Waals surface area contributed by atoms with Gasteiger partial charge < -0.3 is 5.32 Å². The summed E-state index contributed by atoms with van der Waals surface area (Å²) in [6, 6.07) is 5.43. The van der Waals surface area contributed by atoms with Crippen LogP contribution in [0.2, 0.25) is 0 Å². The molecule has 0 bridgehead atoms. The average Bonchev–Trinajstić information content (AvgIpc) is 2.95. The van der Waals surface area contributed by atoms with Crippen LogP contribution in [0.25, 0.3) is 0 Å². The first kappa shape index (κ1) is 13.9. The minimum Gasteiger partial charge on any atom is -0.384 e. The smallest absolute Gasteiger partial charge is 0.240 e. The number of nitrogens with one attached hydrogen (secondary N) is 2. The lowest BCUT2D eigenvalue weighted by Crippen LogP contribution is -2.41. The molecule has 0 aromatic heterocycles. The summed E-state index contributed by atoms with van der Waals surface area (Å²) in [6.45, 7) is 5.16. The highest BCUT2D eigenvalue weighted by atomic mass is 32.2. The largest absolute Gasteiger partial charge is 0.384 e. The van der Waals surface area contributed by atoms with Crippen LogP contribution in [-0.4, -0.2) is 21.0 Å². The van der Waals surface area contributed by atoms with E-state index in [9.17, 15) is 8.42 Å². The Balaban J connectivity index is 1.85. The van der Waals surface area contributed by atoms with Crippen LogP contribution in [0, 0.1) is 5.41 Å². The molecule has 1 aromatic carbocycles. The lowest BCUT2D eigenvalue weighted by Gasteiger charge is -2.27. The predicted molar refractivity (Wildman–Crippen MR) is 80.4 cm³/mol. The quantitative estimate of drug-likeness (QED) is 0.900. The molecule has 0 spiro atoms. The summed E-state index contributed by atoms with van der Waals surface area (Å²) in [5, 5.41) is 3.23. The number of benzene rings is 1. The van der Waals surface area contributed by atoms with Crippen molar-refractivity contribution in [3.63, 3.8) is 0 Å². The second kappa shape index (κ2) is 4.74. The molecule has 20 heavy (non-hydrogen) atoms. The summed E-state index contributed by atoms with van der Waals surface area (Å²) < 4.78 is 28.0. The topological polar surface area (TPSA) is 58.2 Å². The van der Waals surface area contributed by atoms with E-state index in [0.29, 0.717) is 4.90 Å². The first-order chi connectivity index (χ1) is 9.38. The third-order valence-corrected chi connectivity index (χ3v) is 6.13. The molecule has 1 aromatic rings. The second-order valence-electron chi connectivity index (χ2n) is 6.55. The summed E-state index contributed by atoms with van der Waals surface area (Å²) in [6.07, 6.45) is 4.06. The van der Waals surface area contributed by atoms with Gasteiger partial charge in [0.15, 0.2) is 0 Å². The lowest BCUT2D eigenvalue weighted by molar-refractivity contribution is 0.313. The SMILES string of the molecule is CC1(C)CCCC1NS(=O)(=O)c1ccc2c(c1)NCC2. The summed E-state index contributed by atoms with van der Waals surface area (Å²) in [4.78, 5) is 0.369. The van der Waals surface area contributed by atoms with E-state index in [0.717, 1.165) is 37.9 Å². The van der Waals surface area contributed by atoms with Crippen LogP contribution in [0.3, 0.4) is 0 Å². The molecule has 1 aliphatic heterocycles.